The number of rotatable bonds is 3. The van der Waals surface area contributed by atoms with E-state index in [9.17, 15) is 5.11 Å². The molecule has 1 saturated carbocycles. The van der Waals surface area contributed by atoms with E-state index in [-0.39, 0.29) is 12.1 Å². The molecule has 5 nitrogen and oxygen atoms in total. The first-order valence-electron chi connectivity index (χ1n) is 13.3. The van der Waals surface area contributed by atoms with Gasteiger partial charge in [0.05, 0.1) is 29.3 Å². The number of hydrogen-bond donors (Lipinski definition) is 1. The molecule has 5 heteroatoms. The van der Waals surface area contributed by atoms with Gasteiger partial charge in [-0.1, -0.05) is 38.1 Å². The molecule has 5 aliphatic rings. The van der Waals surface area contributed by atoms with E-state index < -0.39 is 11.0 Å². The highest BCUT2D eigenvalue weighted by Crippen LogP contribution is 2.68. The van der Waals surface area contributed by atoms with Crippen LogP contribution in [0, 0.1) is 5.92 Å². The fraction of sp³-hybridized carbons (Fsp3) is 0.500. The summed E-state index contributed by atoms with van der Waals surface area (Å²) in [5.74, 6) is 2.39. The van der Waals surface area contributed by atoms with E-state index in [2.05, 4.69) is 35.2 Å². The molecule has 1 saturated heterocycles. The van der Waals surface area contributed by atoms with Gasteiger partial charge in [-0.15, -0.1) is 0 Å². The van der Waals surface area contributed by atoms with E-state index in [0.717, 1.165) is 65.5 Å². The number of fused-ring (bicyclic) bond motifs is 3. The molecule has 2 bridgehead atoms. The minimum absolute atomic E-state index is 0.101. The maximum atomic E-state index is 12.8. The zero-order valence-corrected chi connectivity index (χ0v) is 20.9. The quantitative estimate of drug-likeness (QED) is 0.586. The van der Waals surface area contributed by atoms with Crippen molar-refractivity contribution in [3.8, 4) is 11.5 Å². The lowest BCUT2D eigenvalue weighted by Gasteiger charge is -2.63. The second-order valence-corrected chi connectivity index (χ2v) is 10.8. The molecule has 2 aliphatic heterocycles. The summed E-state index contributed by atoms with van der Waals surface area (Å²) in [7, 11) is 1.71. The van der Waals surface area contributed by atoms with Gasteiger partial charge in [0.25, 0.3) is 0 Å². The molecule has 1 aromatic heterocycles. The molecule has 35 heavy (non-hydrogen) atoms. The molecule has 1 spiro atoms. The Bertz CT molecular complexity index is 1330. The van der Waals surface area contributed by atoms with Crippen molar-refractivity contribution in [2.75, 3.05) is 20.2 Å². The molecule has 182 valence electrons. The summed E-state index contributed by atoms with van der Waals surface area (Å²) < 4.78 is 12.6. The summed E-state index contributed by atoms with van der Waals surface area (Å²) in [6.45, 7) is 6.11. The van der Waals surface area contributed by atoms with Crippen LogP contribution in [-0.2, 0) is 18.3 Å². The highest BCUT2D eigenvalue weighted by atomic mass is 16.5. The third-order valence-corrected chi connectivity index (χ3v) is 9.26. The highest BCUT2D eigenvalue weighted by Gasteiger charge is 2.72. The Kier molecular flexibility index (Phi) is 4.60. The number of aliphatic hydroxyl groups is 1. The van der Waals surface area contributed by atoms with Crippen LogP contribution in [0.5, 0.6) is 11.5 Å². The van der Waals surface area contributed by atoms with E-state index in [1.54, 1.807) is 7.11 Å². The monoisotopic (exact) mass is 470 g/mol. The second kappa shape index (κ2) is 7.44. The van der Waals surface area contributed by atoms with E-state index in [4.69, 9.17) is 14.5 Å². The number of hydrogen-bond acceptors (Lipinski definition) is 5. The maximum absolute atomic E-state index is 12.8. The number of pyridine rings is 1. The molecule has 0 radical (unpaired) electrons. The van der Waals surface area contributed by atoms with Crippen LogP contribution < -0.4 is 9.47 Å². The van der Waals surface area contributed by atoms with Crippen molar-refractivity contribution in [1.82, 2.24) is 9.88 Å². The van der Waals surface area contributed by atoms with E-state index in [1.807, 2.05) is 26.0 Å². The second-order valence-electron chi connectivity index (χ2n) is 10.8. The Morgan fingerprint density at radius 2 is 1.97 bits per heavy atom. The van der Waals surface area contributed by atoms with Gasteiger partial charge >= 0.3 is 0 Å². The van der Waals surface area contributed by atoms with E-state index >= 15 is 0 Å². The molecule has 2 unspecified atom stereocenters. The topological polar surface area (TPSA) is 54.8 Å². The summed E-state index contributed by atoms with van der Waals surface area (Å²) in [5.41, 5.74) is 4.27. The standard InChI is InChI=1S/C28H28N2O3.C2H6/c1-32-21-9-8-18-13-22-28(31)14-19-12-17-4-2-3-5-20(17)29-24(19)26-27(28,23(18)25(21)33-26)10-11-30(22)15-16-6-7-16;1-2/h2-5,8-9,12,16,22,26,31H,6-7,10-11,13-15H2,1H3;1-2H3/t22-,26?,27+,28?;/m1./s1. The molecule has 4 atom stereocenters. The van der Waals surface area contributed by atoms with Crippen molar-refractivity contribution in [2.24, 2.45) is 5.92 Å². The van der Waals surface area contributed by atoms with Gasteiger partial charge in [0.2, 0.25) is 0 Å². The molecule has 3 aliphatic carbocycles. The number of nitrogens with zero attached hydrogens (tertiary/aromatic N) is 2. The Labute approximate surface area is 207 Å². The Balaban J connectivity index is 0.00000103. The Morgan fingerprint density at radius 3 is 2.77 bits per heavy atom. The Morgan fingerprint density at radius 1 is 1.14 bits per heavy atom. The third kappa shape index (κ3) is 2.69. The van der Waals surface area contributed by atoms with Crippen LogP contribution >= 0.6 is 0 Å². The van der Waals surface area contributed by atoms with Crippen LogP contribution in [0.15, 0.2) is 42.5 Å². The highest BCUT2D eigenvalue weighted by molar-refractivity contribution is 5.80. The van der Waals surface area contributed by atoms with Crippen molar-refractivity contribution >= 4 is 10.9 Å². The molecular formula is C30H34N2O3. The van der Waals surface area contributed by atoms with Gasteiger partial charge in [-0.2, -0.15) is 0 Å². The number of para-hydroxylation sites is 1. The summed E-state index contributed by atoms with van der Waals surface area (Å²) >= 11 is 0. The fourth-order valence-electron chi connectivity index (χ4n) is 7.64. The number of likely N-dealkylation sites (tertiary alicyclic amines) is 1. The van der Waals surface area contributed by atoms with Crippen molar-refractivity contribution in [2.45, 2.75) is 69.1 Å². The van der Waals surface area contributed by atoms with Crippen LogP contribution in [0.2, 0.25) is 0 Å². The number of ether oxygens (including phenoxy) is 2. The van der Waals surface area contributed by atoms with Crippen LogP contribution in [0.4, 0.5) is 0 Å². The average molecular weight is 471 g/mol. The predicted octanol–water partition coefficient (Wildman–Crippen LogP) is 4.97. The number of aromatic nitrogens is 1. The normalized spacial score (nSPS) is 31.7. The SMILES string of the molecule is CC.COc1ccc2c3c1OC1c4nc5ccccc5cc4CC4(O)[C@@H](C2)N(CC2CC2)CC[C@]314. The molecule has 2 aromatic carbocycles. The van der Waals surface area contributed by atoms with Crippen LogP contribution in [-0.4, -0.2) is 46.8 Å². The lowest BCUT2D eigenvalue weighted by atomic mass is 9.49. The molecule has 3 aromatic rings. The molecule has 0 amide bonds. The van der Waals surface area contributed by atoms with Gasteiger partial charge in [0.1, 0.15) is 0 Å². The predicted molar refractivity (Wildman–Crippen MR) is 136 cm³/mol. The molecule has 3 heterocycles. The van der Waals surface area contributed by atoms with Crippen LogP contribution in [0.1, 0.15) is 61.6 Å². The van der Waals surface area contributed by atoms with E-state index in [1.165, 1.54) is 24.0 Å². The minimum atomic E-state index is -0.882. The van der Waals surface area contributed by atoms with Crippen molar-refractivity contribution in [3.05, 3.63) is 64.8 Å². The zero-order valence-electron chi connectivity index (χ0n) is 20.9. The van der Waals surface area contributed by atoms with Crippen LogP contribution in [0.3, 0.4) is 0 Å². The van der Waals surface area contributed by atoms with Crippen molar-refractivity contribution in [1.29, 1.82) is 0 Å². The number of benzene rings is 2. The zero-order chi connectivity index (χ0) is 23.9. The summed E-state index contributed by atoms with van der Waals surface area (Å²) in [5, 5.41) is 13.9. The minimum Gasteiger partial charge on any atom is -0.493 e. The third-order valence-electron chi connectivity index (χ3n) is 9.26. The van der Waals surface area contributed by atoms with Gasteiger partial charge in [-0.3, -0.25) is 4.90 Å². The van der Waals surface area contributed by atoms with Crippen molar-refractivity contribution in [3.63, 3.8) is 0 Å². The van der Waals surface area contributed by atoms with Gasteiger partial charge in [0, 0.05) is 30.0 Å². The van der Waals surface area contributed by atoms with E-state index in [0.29, 0.717) is 6.42 Å². The van der Waals surface area contributed by atoms with Gasteiger partial charge in [-0.05, 0) is 67.5 Å². The molecule has 8 rings (SSSR count). The summed E-state index contributed by atoms with van der Waals surface area (Å²) in [6, 6.07) is 14.9. The molecule has 1 N–H and O–H groups in total. The molecular weight excluding hydrogens is 436 g/mol. The first-order chi connectivity index (χ1) is 17.1. The van der Waals surface area contributed by atoms with Crippen LogP contribution in [0.25, 0.3) is 10.9 Å². The molecule has 2 fully saturated rings. The number of methoxy groups -OCH3 is 1. The van der Waals surface area contributed by atoms with Gasteiger partial charge in [0.15, 0.2) is 17.6 Å². The summed E-state index contributed by atoms with van der Waals surface area (Å²) in [6.07, 6.45) is 4.75. The van der Waals surface area contributed by atoms with Gasteiger partial charge < -0.3 is 14.6 Å². The lowest BCUT2D eigenvalue weighted by Crippen LogP contribution is -2.74. The lowest BCUT2D eigenvalue weighted by molar-refractivity contribution is -0.173. The largest absolute Gasteiger partial charge is 0.493 e. The van der Waals surface area contributed by atoms with Crippen molar-refractivity contribution < 1.29 is 14.6 Å². The maximum Gasteiger partial charge on any atom is 0.166 e. The fourth-order valence-corrected chi connectivity index (χ4v) is 7.64. The summed E-state index contributed by atoms with van der Waals surface area (Å²) in [4.78, 5) is 7.75. The first kappa shape index (κ1) is 21.6. The Hall–Kier alpha value is -2.63. The van der Waals surface area contributed by atoms with Gasteiger partial charge in [-0.25, -0.2) is 4.98 Å². The smallest absolute Gasteiger partial charge is 0.166 e. The number of piperidine rings is 1. The first-order valence-corrected chi connectivity index (χ1v) is 13.3. The average Bonchev–Trinajstić information content (AvgIpc) is 3.62.